The maximum absolute atomic E-state index is 10.5. The Morgan fingerprint density at radius 2 is 2.19 bits per heavy atom. The minimum Gasteiger partial charge on any atom is -0.395 e. The first-order valence-electron chi connectivity index (χ1n) is 7.27. The smallest absolute Gasteiger partial charge is 0.0817 e. The number of aliphatic hydroxyl groups excluding tert-OH is 1. The molecule has 0 bridgehead atoms. The minimum absolute atomic E-state index is 0.106. The van der Waals surface area contributed by atoms with E-state index in [1.165, 1.54) is 4.88 Å². The number of ether oxygens (including phenoxy) is 1. The van der Waals surface area contributed by atoms with Gasteiger partial charge in [-0.05, 0) is 13.1 Å². The standard InChI is InChI=1S/C16H23NO3S/c1-17(13-16(19)5-8-20-9-6-16)11-15-10-14(12-21-15)4-2-3-7-18/h10,12,18-19H,3,5-9,11,13H2,1H3. The molecule has 0 atom stereocenters. The topological polar surface area (TPSA) is 52.9 Å². The van der Waals surface area contributed by atoms with Gasteiger partial charge in [0.25, 0.3) is 0 Å². The number of hydrogen-bond donors (Lipinski definition) is 2. The summed E-state index contributed by atoms with van der Waals surface area (Å²) < 4.78 is 5.31. The van der Waals surface area contributed by atoms with Crippen LogP contribution in [0, 0.1) is 11.8 Å². The Labute approximate surface area is 130 Å². The summed E-state index contributed by atoms with van der Waals surface area (Å²) in [7, 11) is 2.03. The summed E-state index contributed by atoms with van der Waals surface area (Å²) in [6.45, 7) is 2.88. The van der Waals surface area contributed by atoms with Gasteiger partial charge < -0.3 is 14.9 Å². The molecule has 0 amide bonds. The summed E-state index contributed by atoms with van der Waals surface area (Å²) in [5.74, 6) is 5.97. The van der Waals surface area contributed by atoms with Crippen LogP contribution in [0.15, 0.2) is 11.4 Å². The van der Waals surface area contributed by atoms with Gasteiger partial charge >= 0.3 is 0 Å². The number of rotatable bonds is 5. The molecule has 5 heteroatoms. The second kappa shape index (κ2) is 7.92. The molecule has 0 radical (unpaired) electrons. The fourth-order valence-electron chi connectivity index (χ4n) is 2.48. The minimum atomic E-state index is -0.617. The highest BCUT2D eigenvalue weighted by Gasteiger charge is 2.30. The predicted molar refractivity (Wildman–Crippen MR) is 84.2 cm³/mol. The normalized spacial score (nSPS) is 17.5. The molecular weight excluding hydrogens is 286 g/mol. The van der Waals surface area contributed by atoms with Crippen LogP contribution in [0.5, 0.6) is 0 Å². The van der Waals surface area contributed by atoms with Gasteiger partial charge in [-0.2, -0.15) is 0 Å². The molecule has 1 fully saturated rings. The first-order valence-corrected chi connectivity index (χ1v) is 8.15. The van der Waals surface area contributed by atoms with Crippen molar-refractivity contribution in [1.82, 2.24) is 4.90 Å². The van der Waals surface area contributed by atoms with Gasteiger partial charge in [0.15, 0.2) is 0 Å². The van der Waals surface area contributed by atoms with E-state index in [2.05, 4.69) is 22.8 Å². The molecule has 1 saturated heterocycles. The van der Waals surface area contributed by atoms with Crippen LogP contribution < -0.4 is 0 Å². The van der Waals surface area contributed by atoms with Crippen molar-refractivity contribution >= 4 is 11.3 Å². The van der Waals surface area contributed by atoms with E-state index >= 15 is 0 Å². The summed E-state index contributed by atoms with van der Waals surface area (Å²) in [4.78, 5) is 3.39. The van der Waals surface area contributed by atoms with Gasteiger partial charge in [0.1, 0.15) is 0 Å². The first kappa shape index (κ1) is 16.5. The second-order valence-corrected chi connectivity index (χ2v) is 6.58. The number of aliphatic hydroxyl groups is 2. The van der Waals surface area contributed by atoms with Crippen molar-refractivity contribution in [2.45, 2.75) is 31.4 Å². The highest BCUT2D eigenvalue weighted by molar-refractivity contribution is 7.10. The zero-order chi connectivity index (χ0) is 15.1. The molecule has 116 valence electrons. The molecule has 1 aliphatic rings. The van der Waals surface area contributed by atoms with Gasteiger partial charge in [-0.3, -0.25) is 4.90 Å². The van der Waals surface area contributed by atoms with E-state index in [1.807, 2.05) is 12.4 Å². The Kier molecular flexibility index (Phi) is 6.22. The Hall–Kier alpha value is -0.900. The van der Waals surface area contributed by atoms with Crippen molar-refractivity contribution in [3.8, 4) is 11.8 Å². The van der Waals surface area contributed by atoms with Gasteiger partial charge in [0, 0.05) is 61.4 Å². The van der Waals surface area contributed by atoms with Gasteiger partial charge in [-0.25, -0.2) is 0 Å². The third-order valence-electron chi connectivity index (χ3n) is 3.54. The van der Waals surface area contributed by atoms with E-state index in [0.717, 1.165) is 12.1 Å². The second-order valence-electron chi connectivity index (χ2n) is 5.59. The van der Waals surface area contributed by atoms with E-state index in [-0.39, 0.29) is 6.61 Å². The third-order valence-corrected chi connectivity index (χ3v) is 4.46. The van der Waals surface area contributed by atoms with E-state index in [0.29, 0.717) is 39.0 Å². The molecular formula is C16H23NO3S. The summed E-state index contributed by atoms with van der Waals surface area (Å²) in [5, 5.41) is 21.3. The van der Waals surface area contributed by atoms with Crippen LogP contribution in [0.2, 0.25) is 0 Å². The number of nitrogens with zero attached hydrogens (tertiary/aromatic N) is 1. The van der Waals surface area contributed by atoms with Crippen molar-refractivity contribution in [2.24, 2.45) is 0 Å². The molecule has 0 aliphatic carbocycles. The van der Waals surface area contributed by atoms with Crippen LogP contribution in [0.1, 0.15) is 29.7 Å². The molecule has 0 saturated carbocycles. The van der Waals surface area contributed by atoms with Gasteiger partial charge in [0.05, 0.1) is 12.2 Å². The van der Waals surface area contributed by atoms with Gasteiger partial charge in [-0.15, -0.1) is 11.3 Å². The summed E-state index contributed by atoms with van der Waals surface area (Å²) >= 11 is 1.68. The maximum Gasteiger partial charge on any atom is 0.0817 e. The summed E-state index contributed by atoms with van der Waals surface area (Å²) in [6, 6.07) is 2.08. The highest BCUT2D eigenvalue weighted by atomic mass is 32.1. The van der Waals surface area contributed by atoms with E-state index in [1.54, 1.807) is 11.3 Å². The lowest BCUT2D eigenvalue weighted by Crippen LogP contribution is -2.45. The Balaban J connectivity index is 1.85. The zero-order valence-electron chi connectivity index (χ0n) is 12.5. The van der Waals surface area contributed by atoms with Crippen LogP contribution in [-0.4, -0.2) is 54.1 Å². The van der Waals surface area contributed by atoms with Crippen molar-refractivity contribution in [2.75, 3.05) is 33.4 Å². The lowest BCUT2D eigenvalue weighted by Gasteiger charge is -2.35. The molecule has 0 aromatic carbocycles. The predicted octanol–water partition coefficient (Wildman–Crippen LogP) is 1.46. The molecule has 4 nitrogen and oxygen atoms in total. The molecule has 21 heavy (non-hydrogen) atoms. The lowest BCUT2D eigenvalue weighted by atomic mass is 9.94. The monoisotopic (exact) mass is 309 g/mol. The SMILES string of the molecule is CN(Cc1cc(C#CCCO)cs1)CC1(O)CCOCC1. The number of likely N-dealkylation sites (N-methyl/N-ethyl adjacent to an activating group) is 1. The van der Waals surface area contributed by atoms with Crippen molar-refractivity contribution in [1.29, 1.82) is 0 Å². The fourth-order valence-corrected chi connectivity index (χ4v) is 3.38. The first-order chi connectivity index (χ1) is 10.1. The van der Waals surface area contributed by atoms with Crippen molar-refractivity contribution < 1.29 is 14.9 Å². The van der Waals surface area contributed by atoms with Crippen molar-refractivity contribution in [3.05, 3.63) is 21.9 Å². The highest BCUT2D eigenvalue weighted by Crippen LogP contribution is 2.23. The average molecular weight is 309 g/mol. The number of thiophene rings is 1. The largest absolute Gasteiger partial charge is 0.395 e. The molecule has 1 aromatic heterocycles. The quantitative estimate of drug-likeness (QED) is 0.809. The molecule has 1 aliphatic heterocycles. The molecule has 2 N–H and O–H groups in total. The van der Waals surface area contributed by atoms with E-state index in [9.17, 15) is 5.11 Å². The molecule has 1 aromatic rings. The summed E-state index contributed by atoms with van der Waals surface area (Å²) in [5.41, 5.74) is 0.384. The fraction of sp³-hybridized carbons (Fsp3) is 0.625. The Morgan fingerprint density at radius 1 is 1.43 bits per heavy atom. The molecule has 2 rings (SSSR count). The average Bonchev–Trinajstić information content (AvgIpc) is 2.86. The third kappa shape index (κ3) is 5.42. The Bertz CT molecular complexity index is 497. The van der Waals surface area contributed by atoms with Gasteiger partial charge in [0.2, 0.25) is 0 Å². The van der Waals surface area contributed by atoms with Crippen LogP contribution in [0.3, 0.4) is 0 Å². The van der Waals surface area contributed by atoms with Crippen LogP contribution in [0.4, 0.5) is 0 Å². The van der Waals surface area contributed by atoms with Gasteiger partial charge in [-0.1, -0.05) is 11.8 Å². The summed E-state index contributed by atoms with van der Waals surface area (Å²) in [6.07, 6.45) is 1.93. The lowest BCUT2D eigenvalue weighted by molar-refractivity contribution is -0.0776. The zero-order valence-corrected chi connectivity index (χ0v) is 13.3. The molecule has 2 heterocycles. The maximum atomic E-state index is 10.5. The van der Waals surface area contributed by atoms with E-state index in [4.69, 9.17) is 9.84 Å². The van der Waals surface area contributed by atoms with Crippen LogP contribution in [-0.2, 0) is 11.3 Å². The molecule has 0 spiro atoms. The van der Waals surface area contributed by atoms with E-state index < -0.39 is 5.60 Å². The van der Waals surface area contributed by atoms with Crippen LogP contribution >= 0.6 is 11.3 Å². The van der Waals surface area contributed by atoms with Crippen molar-refractivity contribution in [3.63, 3.8) is 0 Å². The van der Waals surface area contributed by atoms with Crippen LogP contribution in [0.25, 0.3) is 0 Å². The Morgan fingerprint density at radius 3 is 2.90 bits per heavy atom. The number of hydrogen-bond acceptors (Lipinski definition) is 5. The molecule has 0 unspecified atom stereocenters.